The number of ether oxygens (including phenoxy) is 1. The van der Waals surface area contributed by atoms with Crippen LogP contribution in [0.15, 0.2) is 42.5 Å². The van der Waals surface area contributed by atoms with E-state index in [1.165, 1.54) is 5.56 Å². The molecule has 0 radical (unpaired) electrons. The summed E-state index contributed by atoms with van der Waals surface area (Å²) in [6.07, 6.45) is 6.20. The van der Waals surface area contributed by atoms with Gasteiger partial charge in [0.05, 0.1) is 12.5 Å². The van der Waals surface area contributed by atoms with E-state index in [2.05, 4.69) is 12.1 Å². The summed E-state index contributed by atoms with van der Waals surface area (Å²) in [7, 11) is 0. The molecular formula is C15H19NO2. The fourth-order valence-electron chi connectivity index (χ4n) is 2.10. The lowest BCUT2D eigenvalue weighted by atomic mass is 10.1. The molecule has 0 amide bonds. The van der Waals surface area contributed by atoms with Crippen LogP contribution >= 0.6 is 0 Å². The molecule has 2 N–H and O–H groups in total. The molecule has 0 saturated heterocycles. The fourth-order valence-corrected chi connectivity index (χ4v) is 2.10. The molecule has 1 aromatic rings. The van der Waals surface area contributed by atoms with Gasteiger partial charge in [-0.25, -0.2) is 0 Å². The van der Waals surface area contributed by atoms with E-state index in [4.69, 9.17) is 10.5 Å². The molecule has 0 bridgehead atoms. The minimum absolute atomic E-state index is 0.00636. The molecule has 0 heterocycles. The van der Waals surface area contributed by atoms with Crippen molar-refractivity contribution < 1.29 is 9.53 Å². The summed E-state index contributed by atoms with van der Waals surface area (Å²) in [4.78, 5) is 11.7. The van der Waals surface area contributed by atoms with Crippen molar-refractivity contribution >= 4 is 5.97 Å². The van der Waals surface area contributed by atoms with Gasteiger partial charge in [0.1, 0.15) is 0 Å². The third-order valence-corrected chi connectivity index (χ3v) is 3.12. The minimum Gasteiger partial charge on any atom is -0.465 e. The highest BCUT2D eigenvalue weighted by atomic mass is 16.5. The molecule has 0 aromatic heterocycles. The van der Waals surface area contributed by atoms with Crippen LogP contribution in [0, 0.1) is 5.92 Å². The molecule has 0 aliphatic heterocycles. The molecule has 1 aliphatic carbocycles. The van der Waals surface area contributed by atoms with Crippen LogP contribution in [-0.2, 0) is 16.0 Å². The van der Waals surface area contributed by atoms with Crippen LogP contribution in [0.3, 0.4) is 0 Å². The lowest BCUT2D eigenvalue weighted by Gasteiger charge is -2.09. The van der Waals surface area contributed by atoms with Gasteiger partial charge in [0.25, 0.3) is 0 Å². The molecule has 3 nitrogen and oxygen atoms in total. The van der Waals surface area contributed by atoms with Gasteiger partial charge in [-0.2, -0.15) is 0 Å². The van der Waals surface area contributed by atoms with Gasteiger partial charge in [0.15, 0.2) is 0 Å². The Morgan fingerprint density at radius 1 is 1.28 bits per heavy atom. The number of nitrogens with two attached hydrogens (primary N) is 1. The number of rotatable bonds is 5. The zero-order valence-corrected chi connectivity index (χ0v) is 10.4. The van der Waals surface area contributed by atoms with E-state index in [0.29, 0.717) is 13.0 Å². The molecule has 96 valence electrons. The van der Waals surface area contributed by atoms with E-state index in [-0.39, 0.29) is 17.9 Å². The van der Waals surface area contributed by atoms with Gasteiger partial charge in [0, 0.05) is 6.04 Å². The minimum atomic E-state index is -0.146. The van der Waals surface area contributed by atoms with E-state index in [1.807, 2.05) is 30.4 Å². The van der Waals surface area contributed by atoms with Gasteiger partial charge in [-0.3, -0.25) is 4.79 Å². The van der Waals surface area contributed by atoms with Crippen molar-refractivity contribution in [1.82, 2.24) is 0 Å². The first-order valence-electron chi connectivity index (χ1n) is 6.40. The molecule has 0 spiro atoms. The predicted octanol–water partition coefficient (Wildman–Crippen LogP) is 2.07. The Morgan fingerprint density at radius 2 is 2.06 bits per heavy atom. The van der Waals surface area contributed by atoms with Gasteiger partial charge in [-0.05, 0) is 24.8 Å². The largest absolute Gasteiger partial charge is 0.465 e. The number of hydrogen-bond donors (Lipinski definition) is 1. The summed E-state index contributed by atoms with van der Waals surface area (Å²) in [5.41, 5.74) is 6.97. The van der Waals surface area contributed by atoms with Crippen molar-refractivity contribution in [1.29, 1.82) is 0 Å². The third kappa shape index (κ3) is 3.70. The monoisotopic (exact) mass is 245 g/mol. The van der Waals surface area contributed by atoms with Gasteiger partial charge in [0.2, 0.25) is 0 Å². The Labute approximate surface area is 108 Å². The zero-order valence-electron chi connectivity index (χ0n) is 10.4. The van der Waals surface area contributed by atoms with Crippen molar-refractivity contribution in [3.8, 4) is 0 Å². The summed E-state index contributed by atoms with van der Waals surface area (Å²) in [6.45, 7) is 0.479. The lowest BCUT2D eigenvalue weighted by Crippen LogP contribution is -2.21. The van der Waals surface area contributed by atoms with Crippen LogP contribution in [0.25, 0.3) is 0 Å². The molecular weight excluding hydrogens is 226 g/mol. The second kappa shape index (κ2) is 6.36. The first-order chi connectivity index (χ1) is 8.75. The van der Waals surface area contributed by atoms with Gasteiger partial charge in [-0.15, -0.1) is 0 Å². The molecule has 1 aromatic carbocycles. The topological polar surface area (TPSA) is 52.3 Å². The van der Waals surface area contributed by atoms with Crippen LogP contribution in [0.1, 0.15) is 18.4 Å². The quantitative estimate of drug-likeness (QED) is 0.491. The normalized spacial score (nSPS) is 22.1. The highest BCUT2D eigenvalue weighted by Crippen LogP contribution is 2.17. The van der Waals surface area contributed by atoms with Crippen molar-refractivity contribution in [3.63, 3.8) is 0 Å². The summed E-state index contributed by atoms with van der Waals surface area (Å²) >= 11 is 0. The zero-order chi connectivity index (χ0) is 12.8. The second-order valence-corrected chi connectivity index (χ2v) is 4.65. The second-order valence-electron chi connectivity index (χ2n) is 4.65. The van der Waals surface area contributed by atoms with Crippen molar-refractivity contribution in [3.05, 3.63) is 48.0 Å². The Hall–Kier alpha value is -1.61. The summed E-state index contributed by atoms with van der Waals surface area (Å²) in [5.74, 6) is -0.288. The van der Waals surface area contributed by atoms with Crippen molar-refractivity contribution in [2.24, 2.45) is 11.7 Å². The number of esters is 1. The molecule has 1 aliphatic rings. The van der Waals surface area contributed by atoms with Crippen molar-refractivity contribution in [2.45, 2.75) is 25.3 Å². The number of hydrogen-bond acceptors (Lipinski definition) is 3. The van der Waals surface area contributed by atoms with Crippen LogP contribution in [0.5, 0.6) is 0 Å². The van der Waals surface area contributed by atoms with E-state index in [9.17, 15) is 4.79 Å². The van der Waals surface area contributed by atoms with E-state index in [1.54, 1.807) is 0 Å². The maximum atomic E-state index is 11.7. The highest BCUT2D eigenvalue weighted by molar-refractivity contribution is 5.75. The smallest absolute Gasteiger partial charge is 0.312 e. The van der Waals surface area contributed by atoms with Gasteiger partial charge < -0.3 is 10.5 Å². The lowest BCUT2D eigenvalue weighted by molar-refractivity contribution is -0.146. The van der Waals surface area contributed by atoms with E-state index >= 15 is 0 Å². The maximum absolute atomic E-state index is 11.7. The molecule has 0 fully saturated rings. The Morgan fingerprint density at radius 3 is 2.72 bits per heavy atom. The highest BCUT2D eigenvalue weighted by Gasteiger charge is 2.23. The Bertz CT molecular complexity index is 414. The average molecular weight is 245 g/mol. The average Bonchev–Trinajstić information content (AvgIpc) is 2.82. The molecule has 2 rings (SSSR count). The van der Waals surface area contributed by atoms with Crippen LogP contribution < -0.4 is 5.73 Å². The Kier molecular flexibility index (Phi) is 4.53. The van der Waals surface area contributed by atoms with Gasteiger partial charge >= 0.3 is 5.97 Å². The molecule has 3 heteroatoms. The number of carbonyl (C=O) groups is 1. The standard InChI is InChI=1S/C15H19NO2/c16-14-9-8-13(11-14)15(17)18-10-4-7-12-5-2-1-3-6-12/h1-3,5-6,8-9,13-14H,4,7,10-11,16H2. The number of aryl methyl sites for hydroxylation is 1. The van der Waals surface area contributed by atoms with Crippen LogP contribution in [0.2, 0.25) is 0 Å². The summed E-state index contributed by atoms with van der Waals surface area (Å²) in [5, 5.41) is 0. The third-order valence-electron chi connectivity index (χ3n) is 3.12. The summed E-state index contributed by atoms with van der Waals surface area (Å²) < 4.78 is 5.25. The molecule has 2 atom stereocenters. The number of carbonyl (C=O) groups excluding carboxylic acids is 1. The van der Waals surface area contributed by atoms with E-state index in [0.717, 1.165) is 12.8 Å². The first kappa shape index (κ1) is 12.8. The molecule has 18 heavy (non-hydrogen) atoms. The molecule has 2 unspecified atom stereocenters. The van der Waals surface area contributed by atoms with Crippen LogP contribution in [-0.4, -0.2) is 18.6 Å². The van der Waals surface area contributed by atoms with Crippen LogP contribution in [0.4, 0.5) is 0 Å². The van der Waals surface area contributed by atoms with Gasteiger partial charge in [-0.1, -0.05) is 42.5 Å². The fraction of sp³-hybridized carbons (Fsp3) is 0.400. The number of benzene rings is 1. The summed E-state index contributed by atoms with van der Waals surface area (Å²) in [6, 6.07) is 10.2. The predicted molar refractivity (Wildman–Crippen MR) is 70.9 cm³/mol. The first-order valence-corrected chi connectivity index (χ1v) is 6.40. The SMILES string of the molecule is NC1C=CC(C(=O)OCCCc2ccccc2)C1. The Balaban J connectivity index is 1.64. The van der Waals surface area contributed by atoms with Crippen molar-refractivity contribution in [2.75, 3.05) is 6.61 Å². The maximum Gasteiger partial charge on any atom is 0.312 e. The molecule has 0 saturated carbocycles. The van der Waals surface area contributed by atoms with E-state index < -0.39 is 0 Å².